The molecule has 0 aliphatic rings. The zero-order valence-electron chi connectivity index (χ0n) is 16.8. The van der Waals surface area contributed by atoms with E-state index in [0.29, 0.717) is 23.9 Å². The third-order valence-corrected chi connectivity index (χ3v) is 4.31. The van der Waals surface area contributed by atoms with Gasteiger partial charge in [-0.1, -0.05) is 12.1 Å². The first-order chi connectivity index (χ1) is 13.9. The number of para-hydroxylation sites is 1. The van der Waals surface area contributed by atoms with Gasteiger partial charge in [0.25, 0.3) is 0 Å². The number of fused-ring (bicyclic) bond motifs is 1. The number of hydrogen-bond donors (Lipinski definition) is 3. The van der Waals surface area contributed by atoms with E-state index in [0.717, 1.165) is 23.1 Å². The largest absolute Gasteiger partial charge is 0.492 e. The predicted octanol–water partition coefficient (Wildman–Crippen LogP) is 2.07. The van der Waals surface area contributed by atoms with E-state index >= 15 is 0 Å². The van der Waals surface area contributed by atoms with Crippen LogP contribution < -0.4 is 15.4 Å². The average Bonchev–Trinajstić information content (AvgIpc) is 3.12. The summed E-state index contributed by atoms with van der Waals surface area (Å²) in [6, 6.07) is 12.7. The summed E-state index contributed by atoms with van der Waals surface area (Å²) in [5, 5.41) is 5.15. The van der Waals surface area contributed by atoms with Gasteiger partial charge >= 0.3 is 11.8 Å². The number of H-pyrrole nitrogens is 1. The van der Waals surface area contributed by atoms with Gasteiger partial charge in [-0.15, -0.1) is 0 Å². The third kappa shape index (κ3) is 5.55. The van der Waals surface area contributed by atoms with Crippen molar-refractivity contribution in [3.05, 3.63) is 53.9 Å². The maximum absolute atomic E-state index is 12.1. The Morgan fingerprint density at radius 2 is 1.86 bits per heavy atom. The molecule has 0 unspecified atom stereocenters. The Morgan fingerprint density at radius 3 is 2.55 bits per heavy atom. The monoisotopic (exact) mass is 395 g/mol. The van der Waals surface area contributed by atoms with Gasteiger partial charge in [-0.25, -0.2) is 4.98 Å². The molecule has 1 heterocycles. The number of ether oxygens (including phenoxy) is 1. The molecule has 0 spiro atoms. The van der Waals surface area contributed by atoms with Crippen LogP contribution in [0.2, 0.25) is 0 Å². The summed E-state index contributed by atoms with van der Waals surface area (Å²) in [4.78, 5) is 33.8. The Labute approximate surface area is 169 Å². The number of carbonyl (C=O) groups is 2. The standard InChI is InChI=1S/C21H25N5O3/c1-14-5-4-6-17-19(14)25-18(24-17)13-22-20(27)21(28)23-15-7-9-16(10-8-15)29-12-11-26(2)3/h4-10H,11-13H2,1-3H3,(H,22,27)(H,23,28)(H,24,25). The van der Waals surface area contributed by atoms with Crippen LogP contribution in [0.25, 0.3) is 11.0 Å². The SMILES string of the molecule is Cc1cccc2[nH]c(CNC(=O)C(=O)Nc3ccc(OCCN(C)C)cc3)nc12. The number of anilines is 1. The molecule has 0 aliphatic heterocycles. The van der Waals surface area contributed by atoms with Gasteiger partial charge in [0, 0.05) is 12.2 Å². The number of nitrogens with zero attached hydrogens (tertiary/aromatic N) is 2. The summed E-state index contributed by atoms with van der Waals surface area (Å²) in [5.41, 5.74) is 3.31. The summed E-state index contributed by atoms with van der Waals surface area (Å²) in [6.45, 7) is 3.49. The highest BCUT2D eigenvalue weighted by Crippen LogP contribution is 2.16. The van der Waals surface area contributed by atoms with Crippen molar-refractivity contribution in [1.82, 2.24) is 20.2 Å². The van der Waals surface area contributed by atoms with Crippen molar-refractivity contribution in [3.63, 3.8) is 0 Å². The summed E-state index contributed by atoms with van der Waals surface area (Å²) in [5.74, 6) is -0.170. The molecule has 3 rings (SSSR count). The molecular weight excluding hydrogens is 370 g/mol. The molecule has 8 heteroatoms. The van der Waals surface area contributed by atoms with E-state index in [-0.39, 0.29) is 6.54 Å². The lowest BCUT2D eigenvalue weighted by Crippen LogP contribution is -2.35. The first-order valence-corrected chi connectivity index (χ1v) is 9.33. The van der Waals surface area contributed by atoms with Crippen LogP contribution >= 0.6 is 0 Å². The molecule has 3 aromatic rings. The number of aromatic nitrogens is 2. The minimum atomic E-state index is -0.737. The van der Waals surface area contributed by atoms with E-state index < -0.39 is 11.8 Å². The van der Waals surface area contributed by atoms with E-state index in [1.165, 1.54) is 0 Å². The molecule has 8 nitrogen and oxygen atoms in total. The van der Waals surface area contributed by atoms with Crippen LogP contribution in [0.15, 0.2) is 42.5 Å². The zero-order chi connectivity index (χ0) is 20.8. The summed E-state index contributed by atoms with van der Waals surface area (Å²) in [6.07, 6.45) is 0. The Balaban J connectivity index is 1.49. The molecule has 0 atom stereocenters. The smallest absolute Gasteiger partial charge is 0.313 e. The highest BCUT2D eigenvalue weighted by Gasteiger charge is 2.14. The van der Waals surface area contributed by atoms with Crippen molar-refractivity contribution in [2.45, 2.75) is 13.5 Å². The van der Waals surface area contributed by atoms with Crippen molar-refractivity contribution in [1.29, 1.82) is 0 Å². The number of aromatic amines is 1. The molecule has 0 saturated heterocycles. The zero-order valence-corrected chi connectivity index (χ0v) is 16.8. The topological polar surface area (TPSA) is 99.3 Å². The van der Waals surface area contributed by atoms with Crippen LogP contribution in [0.5, 0.6) is 5.75 Å². The molecule has 1 aromatic heterocycles. The van der Waals surface area contributed by atoms with Gasteiger partial charge in [-0.2, -0.15) is 0 Å². The van der Waals surface area contributed by atoms with E-state index in [9.17, 15) is 9.59 Å². The number of amides is 2. The van der Waals surface area contributed by atoms with Crippen molar-refractivity contribution in [2.75, 3.05) is 32.6 Å². The van der Waals surface area contributed by atoms with Gasteiger partial charge in [0.2, 0.25) is 0 Å². The fraction of sp³-hybridized carbons (Fsp3) is 0.286. The van der Waals surface area contributed by atoms with Gasteiger partial charge in [-0.3, -0.25) is 9.59 Å². The van der Waals surface area contributed by atoms with E-state index in [1.54, 1.807) is 24.3 Å². The van der Waals surface area contributed by atoms with E-state index in [4.69, 9.17) is 4.74 Å². The Bertz CT molecular complexity index is 995. The van der Waals surface area contributed by atoms with E-state index in [2.05, 4.69) is 20.6 Å². The van der Waals surface area contributed by atoms with Crippen molar-refractivity contribution in [2.24, 2.45) is 0 Å². The van der Waals surface area contributed by atoms with E-state index in [1.807, 2.05) is 44.1 Å². The molecule has 0 bridgehead atoms. The fourth-order valence-electron chi connectivity index (χ4n) is 2.72. The van der Waals surface area contributed by atoms with Crippen molar-refractivity contribution < 1.29 is 14.3 Å². The molecule has 0 radical (unpaired) electrons. The van der Waals surface area contributed by atoms with Crippen LogP contribution in [-0.2, 0) is 16.1 Å². The number of nitrogens with one attached hydrogen (secondary N) is 3. The average molecular weight is 395 g/mol. The van der Waals surface area contributed by atoms with Crippen LogP contribution in [0.4, 0.5) is 5.69 Å². The predicted molar refractivity (Wildman–Crippen MR) is 112 cm³/mol. The van der Waals surface area contributed by atoms with Gasteiger partial charge in [0.15, 0.2) is 0 Å². The maximum Gasteiger partial charge on any atom is 0.313 e. The number of hydrogen-bond acceptors (Lipinski definition) is 5. The van der Waals surface area contributed by atoms with Crippen LogP contribution in [-0.4, -0.2) is 53.9 Å². The van der Waals surface area contributed by atoms with Crippen LogP contribution in [0.3, 0.4) is 0 Å². The molecule has 2 amide bonds. The molecule has 0 aliphatic carbocycles. The number of aryl methyl sites for hydroxylation is 1. The molecule has 0 fully saturated rings. The van der Waals surface area contributed by atoms with Crippen LogP contribution in [0.1, 0.15) is 11.4 Å². The van der Waals surface area contributed by atoms with Gasteiger partial charge in [0.1, 0.15) is 18.2 Å². The second kappa shape index (κ2) is 9.20. The minimum Gasteiger partial charge on any atom is -0.492 e. The van der Waals surface area contributed by atoms with Gasteiger partial charge in [-0.05, 0) is 56.9 Å². The molecular formula is C21H25N5O3. The van der Waals surface area contributed by atoms with Crippen molar-refractivity contribution >= 4 is 28.5 Å². The number of likely N-dealkylation sites (N-methyl/N-ethyl adjacent to an activating group) is 1. The quantitative estimate of drug-likeness (QED) is 0.532. The first kappa shape index (κ1) is 20.3. The fourth-order valence-corrected chi connectivity index (χ4v) is 2.72. The number of carbonyl (C=O) groups excluding carboxylic acids is 2. The molecule has 0 saturated carbocycles. The van der Waals surface area contributed by atoms with Crippen molar-refractivity contribution in [3.8, 4) is 5.75 Å². The minimum absolute atomic E-state index is 0.138. The van der Waals surface area contributed by atoms with Crippen LogP contribution in [0, 0.1) is 6.92 Å². The highest BCUT2D eigenvalue weighted by molar-refractivity contribution is 6.39. The van der Waals surface area contributed by atoms with Gasteiger partial charge in [0.05, 0.1) is 17.6 Å². The highest BCUT2D eigenvalue weighted by atomic mass is 16.5. The molecule has 152 valence electrons. The lowest BCUT2D eigenvalue weighted by atomic mass is 10.2. The number of imidazole rings is 1. The number of benzene rings is 2. The first-order valence-electron chi connectivity index (χ1n) is 9.33. The Morgan fingerprint density at radius 1 is 1.10 bits per heavy atom. The normalized spacial score (nSPS) is 10.9. The summed E-state index contributed by atoms with van der Waals surface area (Å²) >= 11 is 0. The molecule has 29 heavy (non-hydrogen) atoms. The maximum atomic E-state index is 12.1. The number of rotatable bonds is 7. The third-order valence-electron chi connectivity index (χ3n) is 4.31. The lowest BCUT2D eigenvalue weighted by Gasteiger charge is -2.11. The Hall–Kier alpha value is -3.39. The Kier molecular flexibility index (Phi) is 6.46. The molecule has 3 N–H and O–H groups in total. The molecule has 2 aromatic carbocycles. The lowest BCUT2D eigenvalue weighted by molar-refractivity contribution is -0.136. The van der Waals surface area contributed by atoms with Gasteiger partial charge < -0.3 is 25.3 Å². The summed E-state index contributed by atoms with van der Waals surface area (Å²) in [7, 11) is 3.95. The summed E-state index contributed by atoms with van der Waals surface area (Å²) < 4.78 is 5.60. The second-order valence-corrected chi connectivity index (χ2v) is 6.97. The second-order valence-electron chi connectivity index (χ2n) is 6.97.